The van der Waals surface area contributed by atoms with Crippen LogP contribution in [-0.4, -0.2) is 17.3 Å². The number of rotatable bonds is 2. The highest BCUT2D eigenvalue weighted by molar-refractivity contribution is 5.17. The van der Waals surface area contributed by atoms with Gasteiger partial charge in [0.25, 0.3) is 5.56 Å². The lowest BCUT2D eigenvalue weighted by atomic mass is 10.4. The fraction of sp³-hybridized carbons (Fsp3) is 0.375. The maximum Gasteiger partial charge on any atom is 0.425 e. The van der Waals surface area contributed by atoms with Crippen molar-refractivity contribution in [1.29, 1.82) is 0 Å². The molecular formula is C8H8F3NO2. The first-order valence-corrected chi connectivity index (χ1v) is 3.81. The summed E-state index contributed by atoms with van der Waals surface area (Å²) >= 11 is 0. The van der Waals surface area contributed by atoms with Gasteiger partial charge in [-0.1, -0.05) is 0 Å². The van der Waals surface area contributed by atoms with Crippen molar-refractivity contribution in [1.82, 2.24) is 4.98 Å². The van der Waals surface area contributed by atoms with Crippen LogP contribution < -0.4 is 10.3 Å². The Kier molecular flexibility index (Phi) is 2.83. The van der Waals surface area contributed by atoms with Crippen LogP contribution in [-0.2, 0) is 0 Å². The summed E-state index contributed by atoms with van der Waals surface area (Å²) in [5, 5.41) is 0. The first kappa shape index (κ1) is 10.6. The predicted octanol–water partition coefficient (Wildman–Crippen LogP) is 1.70. The van der Waals surface area contributed by atoms with Crippen LogP contribution in [0.4, 0.5) is 13.2 Å². The molecule has 0 aliphatic carbocycles. The maximum absolute atomic E-state index is 12.0. The van der Waals surface area contributed by atoms with Crippen LogP contribution >= 0.6 is 0 Å². The molecule has 0 aliphatic heterocycles. The van der Waals surface area contributed by atoms with Crippen LogP contribution in [0.1, 0.15) is 6.92 Å². The molecule has 1 aromatic heterocycles. The number of nitrogens with one attached hydrogen (secondary N) is 1. The van der Waals surface area contributed by atoms with Gasteiger partial charge in [0.1, 0.15) is 5.75 Å². The summed E-state index contributed by atoms with van der Waals surface area (Å²) in [5.41, 5.74) is -0.503. The minimum atomic E-state index is -4.43. The first-order chi connectivity index (χ1) is 6.39. The molecule has 6 heteroatoms. The predicted molar refractivity (Wildman–Crippen MR) is 43.2 cm³/mol. The van der Waals surface area contributed by atoms with Crippen LogP contribution in [0.5, 0.6) is 5.75 Å². The minimum Gasteiger partial charge on any atom is -0.481 e. The molecule has 1 atom stereocenters. The van der Waals surface area contributed by atoms with Crippen LogP contribution in [0.15, 0.2) is 23.1 Å². The maximum atomic E-state index is 12.0. The van der Waals surface area contributed by atoms with Gasteiger partial charge < -0.3 is 9.72 Å². The number of H-pyrrole nitrogens is 1. The molecule has 3 nitrogen and oxygen atoms in total. The molecule has 0 amide bonds. The monoisotopic (exact) mass is 207 g/mol. The second-order valence-corrected chi connectivity index (χ2v) is 2.69. The third kappa shape index (κ3) is 2.79. The quantitative estimate of drug-likeness (QED) is 0.801. The number of halogens is 3. The Balaban J connectivity index is 2.75. The van der Waals surface area contributed by atoms with Crippen molar-refractivity contribution in [3.05, 3.63) is 28.7 Å². The van der Waals surface area contributed by atoms with Crippen LogP contribution in [0, 0.1) is 0 Å². The van der Waals surface area contributed by atoms with Gasteiger partial charge in [-0.2, -0.15) is 13.2 Å². The molecule has 0 fully saturated rings. The summed E-state index contributed by atoms with van der Waals surface area (Å²) in [6.07, 6.45) is -5.13. The molecule has 0 aliphatic rings. The molecule has 1 aromatic rings. The van der Waals surface area contributed by atoms with Crippen LogP contribution in [0.25, 0.3) is 0 Å². The molecule has 78 valence electrons. The van der Waals surface area contributed by atoms with Gasteiger partial charge in [-0.3, -0.25) is 4.79 Å². The Labute approximate surface area is 77.5 Å². The Bertz CT molecular complexity index is 358. The lowest BCUT2D eigenvalue weighted by molar-refractivity contribution is -0.189. The zero-order valence-electron chi connectivity index (χ0n) is 7.26. The summed E-state index contributed by atoms with van der Waals surface area (Å²) in [4.78, 5) is 13.0. The topological polar surface area (TPSA) is 42.1 Å². The van der Waals surface area contributed by atoms with Crippen molar-refractivity contribution < 1.29 is 17.9 Å². The molecule has 0 spiro atoms. The summed E-state index contributed by atoms with van der Waals surface area (Å²) in [7, 11) is 0. The fourth-order valence-corrected chi connectivity index (χ4v) is 0.769. The third-order valence-electron chi connectivity index (χ3n) is 1.52. The molecule has 1 rings (SSSR count). The second-order valence-electron chi connectivity index (χ2n) is 2.69. The zero-order valence-corrected chi connectivity index (χ0v) is 7.26. The van der Waals surface area contributed by atoms with E-state index in [1.165, 1.54) is 12.3 Å². The Morgan fingerprint density at radius 3 is 2.64 bits per heavy atom. The largest absolute Gasteiger partial charge is 0.481 e. The SMILES string of the molecule is C[C@@H](Oc1cc[nH]c(=O)c1)C(F)(F)F. The van der Waals surface area contributed by atoms with Gasteiger partial charge in [0.05, 0.1) is 0 Å². The standard InChI is InChI=1S/C8H8F3NO2/c1-5(8(9,10)11)14-6-2-3-12-7(13)4-6/h2-5H,1H3,(H,12,13)/t5-/m1/s1. The highest BCUT2D eigenvalue weighted by Crippen LogP contribution is 2.23. The second kappa shape index (κ2) is 3.73. The van der Waals surface area contributed by atoms with Gasteiger partial charge >= 0.3 is 6.18 Å². The van der Waals surface area contributed by atoms with E-state index in [2.05, 4.69) is 9.72 Å². The Hall–Kier alpha value is -1.46. The van der Waals surface area contributed by atoms with E-state index in [0.29, 0.717) is 0 Å². The number of hydrogen-bond acceptors (Lipinski definition) is 2. The Morgan fingerprint density at radius 1 is 1.50 bits per heavy atom. The van der Waals surface area contributed by atoms with Gasteiger partial charge in [-0.15, -0.1) is 0 Å². The number of aromatic amines is 1. The van der Waals surface area contributed by atoms with Gasteiger partial charge in [0.2, 0.25) is 0 Å². The number of hydrogen-bond donors (Lipinski definition) is 1. The van der Waals surface area contributed by atoms with Crippen molar-refractivity contribution in [2.24, 2.45) is 0 Å². The first-order valence-electron chi connectivity index (χ1n) is 3.81. The molecule has 0 saturated carbocycles. The number of alkyl halides is 3. The van der Waals surface area contributed by atoms with Crippen molar-refractivity contribution in [3.8, 4) is 5.75 Å². The zero-order chi connectivity index (χ0) is 10.8. The lowest BCUT2D eigenvalue weighted by Crippen LogP contribution is -2.31. The van der Waals surface area contributed by atoms with E-state index < -0.39 is 17.8 Å². The van der Waals surface area contributed by atoms with Crippen LogP contribution in [0.2, 0.25) is 0 Å². The van der Waals surface area contributed by atoms with Crippen molar-refractivity contribution in [2.75, 3.05) is 0 Å². The van der Waals surface area contributed by atoms with Gasteiger partial charge in [-0.05, 0) is 13.0 Å². The molecule has 0 unspecified atom stereocenters. The van der Waals surface area contributed by atoms with Crippen molar-refractivity contribution in [3.63, 3.8) is 0 Å². The summed E-state index contributed by atoms with van der Waals surface area (Å²) in [6, 6.07) is 2.21. The molecule has 1 N–H and O–H groups in total. The number of pyridine rings is 1. The van der Waals surface area contributed by atoms with E-state index in [4.69, 9.17) is 0 Å². The Morgan fingerprint density at radius 2 is 2.14 bits per heavy atom. The van der Waals surface area contributed by atoms with Gasteiger partial charge in [-0.25, -0.2) is 0 Å². The fourth-order valence-electron chi connectivity index (χ4n) is 0.769. The van der Waals surface area contributed by atoms with E-state index in [1.54, 1.807) is 0 Å². The molecule has 0 saturated heterocycles. The van der Waals surface area contributed by atoms with Crippen molar-refractivity contribution in [2.45, 2.75) is 19.2 Å². The van der Waals surface area contributed by atoms with E-state index in [-0.39, 0.29) is 5.75 Å². The molecule has 0 radical (unpaired) electrons. The average Bonchev–Trinajstić information content (AvgIpc) is 2.02. The minimum absolute atomic E-state index is 0.0985. The summed E-state index contributed by atoms with van der Waals surface area (Å²) in [6.45, 7) is 0.876. The smallest absolute Gasteiger partial charge is 0.425 e. The summed E-state index contributed by atoms with van der Waals surface area (Å²) < 4.78 is 40.6. The van der Waals surface area contributed by atoms with E-state index >= 15 is 0 Å². The number of aromatic nitrogens is 1. The molecule has 0 aromatic carbocycles. The van der Waals surface area contributed by atoms with Crippen LogP contribution in [0.3, 0.4) is 0 Å². The van der Waals surface area contributed by atoms with E-state index in [0.717, 1.165) is 13.0 Å². The molecule has 14 heavy (non-hydrogen) atoms. The lowest BCUT2D eigenvalue weighted by Gasteiger charge is -2.16. The van der Waals surface area contributed by atoms with Gasteiger partial charge in [0.15, 0.2) is 6.10 Å². The molecular weight excluding hydrogens is 199 g/mol. The van der Waals surface area contributed by atoms with Crippen molar-refractivity contribution >= 4 is 0 Å². The van der Waals surface area contributed by atoms with E-state index in [9.17, 15) is 18.0 Å². The third-order valence-corrected chi connectivity index (χ3v) is 1.52. The average molecular weight is 207 g/mol. The molecule has 0 bridgehead atoms. The van der Waals surface area contributed by atoms with E-state index in [1.807, 2.05) is 0 Å². The normalized spacial score (nSPS) is 13.7. The number of ether oxygens (including phenoxy) is 1. The van der Waals surface area contributed by atoms with Gasteiger partial charge in [0, 0.05) is 12.3 Å². The highest BCUT2D eigenvalue weighted by atomic mass is 19.4. The summed E-state index contributed by atoms with van der Waals surface area (Å²) in [5.74, 6) is -0.0985. The highest BCUT2D eigenvalue weighted by Gasteiger charge is 2.38. The molecule has 1 heterocycles.